The second-order valence-electron chi connectivity index (χ2n) is 5.71. The zero-order valence-electron chi connectivity index (χ0n) is 14.6. The van der Waals surface area contributed by atoms with Crippen molar-refractivity contribution in [1.29, 1.82) is 0 Å². The van der Waals surface area contributed by atoms with Gasteiger partial charge in [0.2, 0.25) is 0 Å². The van der Waals surface area contributed by atoms with Crippen LogP contribution in [-0.4, -0.2) is 33.2 Å². The number of amides is 1. The molecule has 8 heteroatoms. The van der Waals surface area contributed by atoms with Crippen LogP contribution in [0.4, 0.5) is 5.13 Å². The first kappa shape index (κ1) is 17.8. The van der Waals surface area contributed by atoms with Crippen LogP contribution in [0, 0.1) is 20.8 Å². The summed E-state index contributed by atoms with van der Waals surface area (Å²) in [7, 11) is 0. The molecule has 0 spiro atoms. The van der Waals surface area contributed by atoms with E-state index in [0.717, 1.165) is 11.4 Å². The van der Waals surface area contributed by atoms with Crippen LogP contribution in [0.15, 0.2) is 35.7 Å². The molecule has 1 amide bonds. The van der Waals surface area contributed by atoms with Gasteiger partial charge in [-0.15, -0.1) is 11.3 Å². The average Bonchev–Trinajstić information content (AvgIpc) is 3.16. The van der Waals surface area contributed by atoms with Crippen molar-refractivity contribution < 1.29 is 14.3 Å². The van der Waals surface area contributed by atoms with Crippen LogP contribution < -0.4 is 5.32 Å². The number of anilines is 1. The number of aryl methyl sites for hydroxylation is 2. The zero-order valence-corrected chi connectivity index (χ0v) is 15.5. The van der Waals surface area contributed by atoms with Crippen molar-refractivity contribution in [3.8, 4) is 5.69 Å². The SMILES string of the molecule is Cc1csc(NC(=O)COC(=O)c2c(C)nn(-c3ccccc3)c2C)n1. The first-order valence-electron chi connectivity index (χ1n) is 7.96. The topological polar surface area (TPSA) is 86.1 Å². The minimum Gasteiger partial charge on any atom is -0.452 e. The van der Waals surface area contributed by atoms with E-state index in [2.05, 4.69) is 15.4 Å². The van der Waals surface area contributed by atoms with Crippen molar-refractivity contribution in [1.82, 2.24) is 14.8 Å². The highest BCUT2D eigenvalue weighted by Crippen LogP contribution is 2.19. The van der Waals surface area contributed by atoms with Gasteiger partial charge in [-0.1, -0.05) is 18.2 Å². The second-order valence-corrected chi connectivity index (χ2v) is 6.57. The standard InChI is InChI=1S/C18H18N4O3S/c1-11-10-26-18(19-11)20-15(23)9-25-17(24)16-12(2)21-22(13(16)3)14-7-5-4-6-8-14/h4-8,10H,9H2,1-3H3,(H,19,20,23). The number of carbonyl (C=O) groups is 2. The van der Waals surface area contributed by atoms with Gasteiger partial charge >= 0.3 is 5.97 Å². The van der Waals surface area contributed by atoms with Crippen molar-refractivity contribution in [2.24, 2.45) is 0 Å². The van der Waals surface area contributed by atoms with Crippen LogP contribution in [0.3, 0.4) is 0 Å². The Bertz CT molecular complexity index is 947. The number of nitrogens with zero attached hydrogens (tertiary/aromatic N) is 3. The monoisotopic (exact) mass is 370 g/mol. The number of para-hydroxylation sites is 1. The molecule has 0 fully saturated rings. The molecule has 2 aromatic heterocycles. The van der Waals surface area contributed by atoms with E-state index in [9.17, 15) is 9.59 Å². The highest BCUT2D eigenvalue weighted by Gasteiger charge is 2.21. The molecule has 0 bridgehead atoms. The van der Waals surface area contributed by atoms with E-state index in [1.165, 1.54) is 11.3 Å². The van der Waals surface area contributed by atoms with Crippen LogP contribution >= 0.6 is 11.3 Å². The van der Waals surface area contributed by atoms with Gasteiger partial charge in [0.1, 0.15) is 5.56 Å². The summed E-state index contributed by atoms with van der Waals surface area (Å²) in [6.45, 7) is 4.98. The molecular formula is C18H18N4O3S. The van der Waals surface area contributed by atoms with E-state index in [1.54, 1.807) is 18.5 Å². The quantitative estimate of drug-likeness (QED) is 0.698. The van der Waals surface area contributed by atoms with Crippen molar-refractivity contribution in [2.45, 2.75) is 20.8 Å². The van der Waals surface area contributed by atoms with Gasteiger partial charge < -0.3 is 4.74 Å². The number of thiazole rings is 1. The zero-order chi connectivity index (χ0) is 18.7. The molecule has 134 valence electrons. The third-order valence-electron chi connectivity index (χ3n) is 3.70. The van der Waals surface area contributed by atoms with E-state index >= 15 is 0 Å². The number of hydrogen-bond acceptors (Lipinski definition) is 6. The number of ether oxygens (including phenoxy) is 1. The third kappa shape index (κ3) is 3.80. The van der Waals surface area contributed by atoms with Crippen molar-refractivity contribution >= 4 is 28.3 Å². The Labute approximate surface area is 154 Å². The van der Waals surface area contributed by atoms with E-state index in [4.69, 9.17) is 4.74 Å². The molecule has 26 heavy (non-hydrogen) atoms. The summed E-state index contributed by atoms with van der Waals surface area (Å²) < 4.78 is 6.84. The van der Waals surface area contributed by atoms with Gasteiger partial charge in [0.05, 0.1) is 22.8 Å². The van der Waals surface area contributed by atoms with Gasteiger partial charge in [0.25, 0.3) is 5.91 Å². The van der Waals surface area contributed by atoms with E-state index in [-0.39, 0.29) is 6.61 Å². The molecule has 0 saturated carbocycles. The molecule has 3 aromatic rings. The number of hydrogen-bond donors (Lipinski definition) is 1. The summed E-state index contributed by atoms with van der Waals surface area (Å²) in [5.41, 5.74) is 3.25. The normalized spacial score (nSPS) is 10.6. The minimum atomic E-state index is -0.576. The summed E-state index contributed by atoms with van der Waals surface area (Å²) >= 11 is 1.32. The fraction of sp³-hybridized carbons (Fsp3) is 0.222. The maximum Gasteiger partial charge on any atom is 0.342 e. The Balaban J connectivity index is 1.68. The lowest BCUT2D eigenvalue weighted by Gasteiger charge is -2.06. The molecule has 3 rings (SSSR count). The molecule has 0 radical (unpaired) electrons. The summed E-state index contributed by atoms with van der Waals surface area (Å²) in [5, 5.41) is 9.31. The summed E-state index contributed by atoms with van der Waals surface area (Å²) in [4.78, 5) is 28.5. The van der Waals surface area contributed by atoms with E-state index in [1.807, 2.05) is 42.6 Å². The van der Waals surface area contributed by atoms with Crippen molar-refractivity contribution in [2.75, 3.05) is 11.9 Å². The Morgan fingerprint density at radius 1 is 1.19 bits per heavy atom. The number of esters is 1. The molecule has 0 atom stereocenters. The van der Waals surface area contributed by atoms with Gasteiger partial charge in [-0.3, -0.25) is 10.1 Å². The third-order valence-corrected chi connectivity index (χ3v) is 4.57. The largest absolute Gasteiger partial charge is 0.452 e. The fourth-order valence-electron chi connectivity index (χ4n) is 2.53. The molecule has 0 aliphatic rings. The molecule has 0 aliphatic carbocycles. The van der Waals surface area contributed by atoms with Crippen molar-refractivity contribution in [3.63, 3.8) is 0 Å². The smallest absolute Gasteiger partial charge is 0.342 e. The molecule has 0 aliphatic heterocycles. The Hall–Kier alpha value is -3.00. The lowest BCUT2D eigenvalue weighted by atomic mass is 10.2. The average molecular weight is 370 g/mol. The molecule has 0 unspecified atom stereocenters. The van der Waals surface area contributed by atoms with E-state index in [0.29, 0.717) is 22.1 Å². The van der Waals surface area contributed by atoms with Crippen LogP contribution in [-0.2, 0) is 9.53 Å². The second kappa shape index (κ2) is 7.49. The first-order chi connectivity index (χ1) is 12.5. The van der Waals surface area contributed by atoms with Crippen molar-refractivity contribution in [3.05, 3.63) is 58.4 Å². The molecular weight excluding hydrogens is 352 g/mol. The van der Waals surface area contributed by atoms with Gasteiger partial charge in [-0.05, 0) is 32.9 Å². The number of aromatic nitrogens is 3. The molecule has 2 heterocycles. The van der Waals surface area contributed by atoms with Gasteiger partial charge in [-0.25, -0.2) is 14.5 Å². The maximum absolute atomic E-state index is 12.4. The molecule has 0 saturated heterocycles. The number of benzene rings is 1. The highest BCUT2D eigenvalue weighted by atomic mass is 32.1. The summed E-state index contributed by atoms with van der Waals surface area (Å²) in [6.07, 6.45) is 0. The van der Waals surface area contributed by atoms with Gasteiger partial charge in [0.15, 0.2) is 11.7 Å². The van der Waals surface area contributed by atoms with Crippen LogP contribution in [0.25, 0.3) is 5.69 Å². The highest BCUT2D eigenvalue weighted by molar-refractivity contribution is 7.13. The summed E-state index contributed by atoms with van der Waals surface area (Å²) in [6, 6.07) is 9.51. The summed E-state index contributed by atoms with van der Waals surface area (Å²) in [5.74, 6) is -1.01. The Kier molecular flexibility index (Phi) is 5.13. The predicted molar refractivity (Wildman–Crippen MR) is 98.8 cm³/mol. The predicted octanol–water partition coefficient (Wildman–Crippen LogP) is 3.05. The minimum absolute atomic E-state index is 0.367. The number of nitrogens with one attached hydrogen (secondary N) is 1. The van der Waals surface area contributed by atoms with E-state index < -0.39 is 11.9 Å². The van der Waals surface area contributed by atoms with Gasteiger partial charge in [-0.2, -0.15) is 5.10 Å². The Morgan fingerprint density at radius 2 is 1.92 bits per heavy atom. The first-order valence-corrected chi connectivity index (χ1v) is 8.84. The van der Waals surface area contributed by atoms with Crippen LogP contribution in [0.5, 0.6) is 0 Å². The van der Waals surface area contributed by atoms with Crippen LogP contribution in [0.1, 0.15) is 27.4 Å². The lowest BCUT2D eigenvalue weighted by Crippen LogP contribution is -2.21. The maximum atomic E-state index is 12.4. The molecule has 7 nitrogen and oxygen atoms in total. The van der Waals surface area contributed by atoms with Crippen LogP contribution in [0.2, 0.25) is 0 Å². The number of rotatable bonds is 5. The lowest BCUT2D eigenvalue weighted by molar-refractivity contribution is -0.119. The fourth-order valence-corrected chi connectivity index (χ4v) is 3.23. The number of carbonyl (C=O) groups excluding carboxylic acids is 2. The molecule has 1 aromatic carbocycles. The molecule has 1 N–H and O–H groups in total. The Morgan fingerprint density at radius 3 is 2.58 bits per heavy atom. The van der Waals surface area contributed by atoms with Gasteiger partial charge in [0, 0.05) is 5.38 Å².